The average molecular weight is 435 g/mol. The van der Waals surface area contributed by atoms with Crippen LogP contribution in [-0.4, -0.2) is 22.2 Å². The first-order valence-electron chi connectivity index (χ1n) is 10.1. The molecule has 0 spiro atoms. The van der Waals surface area contributed by atoms with Gasteiger partial charge in [0, 0.05) is 5.02 Å². The number of fused-ring (bicyclic) bond motifs is 1. The van der Waals surface area contributed by atoms with Gasteiger partial charge in [-0.3, -0.25) is 9.13 Å². The maximum Gasteiger partial charge on any atom is 0.337 e. The molecule has 0 saturated carbocycles. The number of nitrogens with zero attached hydrogens (tertiary/aromatic N) is 2. The summed E-state index contributed by atoms with van der Waals surface area (Å²) in [7, 11) is 1.35. The smallest absolute Gasteiger partial charge is 0.337 e. The lowest BCUT2D eigenvalue weighted by atomic mass is 10.0. The molecular formula is C25H23ClN2O3. The number of methoxy groups -OCH3 is 1. The topological polar surface area (TPSA) is 53.2 Å². The molecule has 0 atom stereocenters. The van der Waals surface area contributed by atoms with E-state index >= 15 is 0 Å². The van der Waals surface area contributed by atoms with Gasteiger partial charge in [-0.15, -0.1) is 0 Å². The van der Waals surface area contributed by atoms with E-state index < -0.39 is 5.97 Å². The zero-order valence-corrected chi connectivity index (χ0v) is 18.4. The van der Waals surface area contributed by atoms with Crippen molar-refractivity contribution in [2.45, 2.75) is 26.3 Å². The summed E-state index contributed by atoms with van der Waals surface area (Å²) in [4.78, 5) is 25.4. The lowest BCUT2D eigenvalue weighted by Crippen LogP contribution is -2.23. The Morgan fingerprint density at radius 3 is 2.42 bits per heavy atom. The molecular weight excluding hydrogens is 412 g/mol. The van der Waals surface area contributed by atoms with Crippen molar-refractivity contribution in [1.82, 2.24) is 9.13 Å². The monoisotopic (exact) mass is 434 g/mol. The molecule has 31 heavy (non-hydrogen) atoms. The van der Waals surface area contributed by atoms with E-state index in [0.717, 1.165) is 22.3 Å². The summed E-state index contributed by atoms with van der Waals surface area (Å²) in [6, 6.07) is 20.5. The van der Waals surface area contributed by atoms with Gasteiger partial charge >= 0.3 is 11.7 Å². The molecule has 3 aromatic carbocycles. The van der Waals surface area contributed by atoms with Crippen LogP contribution in [-0.2, 0) is 11.3 Å². The van der Waals surface area contributed by atoms with Gasteiger partial charge in [0.05, 0.1) is 35.9 Å². The van der Waals surface area contributed by atoms with Crippen molar-refractivity contribution in [3.63, 3.8) is 0 Å². The molecule has 0 N–H and O–H groups in total. The minimum Gasteiger partial charge on any atom is -0.465 e. The van der Waals surface area contributed by atoms with E-state index in [-0.39, 0.29) is 5.69 Å². The Bertz CT molecular complexity index is 1320. The molecule has 4 rings (SSSR count). The summed E-state index contributed by atoms with van der Waals surface area (Å²) in [6.07, 6.45) is 0. The fourth-order valence-corrected chi connectivity index (χ4v) is 3.90. The molecule has 5 nitrogen and oxygen atoms in total. The largest absolute Gasteiger partial charge is 0.465 e. The van der Waals surface area contributed by atoms with Crippen molar-refractivity contribution >= 4 is 28.6 Å². The van der Waals surface area contributed by atoms with E-state index in [9.17, 15) is 9.59 Å². The lowest BCUT2D eigenvalue weighted by Gasteiger charge is -2.08. The highest BCUT2D eigenvalue weighted by Crippen LogP contribution is 2.24. The molecule has 6 heteroatoms. The third-order valence-electron chi connectivity index (χ3n) is 5.40. The van der Waals surface area contributed by atoms with Crippen molar-refractivity contribution in [3.05, 3.63) is 98.9 Å². The predicted molar refractivity (Wildman–Crippen MR) is 124 cm³/mol. The van der Waals surface area contributed by atoms with Gasteiger partial charge in [0.25, 0.3) is 0 Å². The Morgan fingerprint density at radius 1 is 1.00 bits per heavy atom. The Hall–Kier alpha value is -3.31. The van der Waals surface area contributed by atoms with Crippen LogP contribution < -0.4 is 5.69 Å². The standard InChI is InChI=1S/C25H23ClN2O3/c1-16(2)18-7-10-21(11-8-18)28-23-14-20(26)9-12-22(23)27(25(28)30)15-17-5-4-6-19(13-17)24(29)31-3/h4-14,16H,15H2,1-3H3. The number of carbonyl (C=O) groups is 1. The van der Waals surface area contributed by atoms with Gasteiger partial charge < -0.3 is 4.74 Å². The SMILES string of the molecule is COC(=O)c1cccc(Cn2c(=O)n(-c3ccc(C(C)C)cc3)c3cc(Cl)ccc32)c1. The molecule has 0 saturated heterocycles. The first kappa shape index (κ1) is 20.9. The van der Waals surface area contributed by atoms with Crippen LogP contribution in [0.3, 0.4) is 0 Å². The first-order valence-corrected chi connectivity index (χ1v) is 10.4. The number of rotatable bonds is 5. The van der Waals surface area contributed by atoms with Gasteiger partial charge in [-0.05, 0) is 59.5 Å². The number of halogens is 1. The minimum absolute atomic E-state index is 0.168. The number of carbonyl (C=O) groups excluding carboxylic acids is 1. The number of hydrogen-bond donors (Lipinski definition) is 0. The van der Waals surface area contributed by atoms with Crippen LogP contribution in [0.4, 0.5) is 0 Å². The van der Waals surface area contributed by atoms with E-state index in [1.807, 2.05) is 36.4 Å². The highest BCUT2D eigenvalue weighted by atomic mass is 35.5. The van der Waals surface area contributed by atoms with E-state index in [0.29, 0.717) is 23.0 Å². The normalized spacial score (nSPS) is 11.3. The van der Waals surface area contributed by atoms with Crippen LogP contribution in [0.1, 0.15) is 41.3 Å². The lowest BCUT2D eigenvalue weighted by molar-refractivity contribution is 0.0600. The highest BCUT2D eigenvalue weighted by Gasteiger charge is 2.16. The van der Waals surface area contributed by atoms with Gasteiger partial charge in [0.1, 0.15) is 0 Å². The Labute approximate surface area is 185 Å². The quantitative estimate of drug-likeness (QED) is 0.395. The highest BCUT2D eigenvalue weighted by molar-refractivity contribution is 6.31. The molecule has 0 amide bonds. The molecule has 1 aromatic heterocycles. The van der Waals surface area contributed by atoms with Gasteiger partial charge in [0.2, 0.25) is 0 Å². The fourth-order valence-electron chi connectivity index (χ4n) is 3.74. The predicted octanol–water partition coefficient (Wildman–Crippen LogP) is 5.40. The molecule has 158 valence electrons. The summed E-state index contributed by atoms with van der Waals surface area (Å²) in [6.45, 7) is 4.59. The summed E-state index contributed by atoms with van der Waals surface area (Å²) in [5.74, 6) is -0.00250. The third-order valence-corrected chi connectivity index (χ3v) is 5.63. The van der Waals surface area contributed by atoms with Crippen LogP contribution in [0.25, 0.3) is 16.7 Å². The van der Waals surface area contributed by atoms with Gasteiger partial charge in [0.15, 0.2) is 0 Å². The molecule has 0 aliphatic rings. The van der Waals surface area contributed by atoms with Crippen molar-refractivity contribution in [1.29, 1.82) is 0 Å². The maximum atomic E-state index is 13.5. The number of imidazole rings is 1. The summed E-state index contributed by atoms with van der Waals surface area (Å²) >= 11 is 6.26. The zero-order valence-electron chi connectivity index (χ0n) is 17.6. The molecule has 0 fully saturated rings. The van der Waals surface area contributed by atoms with E-state index in [1.165, 1.54) is 12.7 Å². The van der Waals surface area contributed by atoms with E-state index in [2.05, 4.69) is 13.8 Å². The molecule has 0 unspecified atom stereocenters. The van der Waals surface area contributed by atoms with Crippen LogP contribution in [0.15, 0.2) is 71.5 Å². The second kappa shape index (κ2) is 8.44. The van der Waals surface area contributed by atoms with E-state index in [1.54, 1.807) is 39.5 Å². The minimum atomic E-state index is -0.409. The Balaban J connectivity index is 1.85. The van der Waals surface area contributed by atoms with Crippen molar-refractivity contribution < 1.29 is 9.53 Å². The van der Waals surface area contributed by atoms with Crippen molar-refractivity contribution in [2.24, 2.45) is 0 Å². The number of hydrogen-bond acceptors (Lipinski definition) is 3. The van der Waals surface area contributed by atoms with Crippen molar-refractivity contribution in [2.75, 3.05) is 7.11 Å². The van der Waals surface area contributed by atoms with Crippen molar-refractivity contribution in [3.8, 4) is 5.69 Å². The van der Waals surface area contributed by atoms with Crippen LogP contribution in [0.5, 0.6) is 0 Å². The van der Waals surface area contributed by atoms with Gasteiger partial charge in [-0.1, -0.05) is 49.7 Å². The molecule has 0 bridgehead atoms. The summed E-state index contributed by atoms with van der Waals surface area (Å²) in [5, 5.41) is 0.560. The Kier molecular flexibility index (Phi) is 5.70. The maximum absolute atomic E-state index is 13.5. The molecule has 0 aliphatic heterocycles. The fraction of sp³-hybridized carbons (Fsp3) is 0.200. The zero-order chi connectivity index (χ0) is 22.1. The second-order valence-electron chi connectivity index (χ2n) is 7.78. The summed E-state index contributed by atoms with van der Waals surface area (Å²) in [5.41, 5.74) is 4.60. The molecule has 0 radical (unpaired) electrons. The number of benzene rings is 3. The van der Waals surface area contributed by atoms with Crippen LogP contribution >= 0.6 is 11.6 Å². The average Bonchev–Trinajstić information content (AvgIpc) is 3.04. The molecule has 1 heterocycles. The first-order chi connectivity index (χ1) is 14.9. The Morgan fingerprint density at radius 2 is 1.74 bits per heavy atom. The van der Waals surface area contributed by atoms with Gasteiger partial charge in [-0.25, -0.2) is 9.59 Å². The van der Waals surface area contributed by atoms with E-state index in [4.69, 9.17) is 16.3 Å². The summed E-state index contributed by atoms with van der Waals surface area (Å²) < 4.78 is 8.18. The third kappa shape index (κ3) is 4.01. The number of esters is 1. The van der Waals surface area contributed by atoms with Crippen LogP contribution in [0.2, 0.25) is 5.02 Å². The molecule has 0 aliphatic carbocycles. The second-order valence-corrected chi connectivity index (χ2v) is 8.21. The number of aromatic nitrogens is 2. The number of ether oxygens (including phenoxy) is 1. The van der Waals surface area contributed by atoms with Crippen LogP contribution in [0, 0.1) is 0 Å². The molecule has 4 aromatic rings. The van der Waals surface area contributed by atoms with Gasteiger partial charge in [-0.2, -0.15) is 0 Å².